The van der Waals surface area contributed by atoms with Crippen molar-refractivity contribution in [2.24, 2.45) is 0 Å². The number of rotatable bonds is 9. The highest BCUT2D eigenvalue weighted by Crippen LogP contribution is 2.21. The number of hydrogen-bond donors (Lipinski definition) is 0. The van der Waals surface area contributed by atoms with E-state index in [2.05, 4.69) is 29.5 Å². The van der Waals surface area contributed by atoms with Gasteiger partial charge in [0.25, 0.3) is 0 Å². The molecule has 0 N–H and O–H groups in total. The normalized spacial score (nSPS) is 12.6. The van der Waals surface area contributed by atoms with Gasteiger partial charge in [-0.2, -0.15) is 0 Å². The Labute approximate surface area is 123 Å². The predicted molar refractivity (Wildman–Crippen MR) is 82.7 cm³/mol. The van der Waals surface area contributed by atoms with E-state index in [1.54, 1.807) is 0 Å². The van der Waals surface area contributed by atoms with E-state index in [9.17, 15) is 4.39 Å². The minimum Gasteiger partial charge on any atom is -0.373 e. The van der Waals surface area contributed by atoms with Crippen LogP contribution in [0.1, 0.15) is 50.7 Å². The summed E-state index contributed by atoms with van der Waals surface area (Å²) >= 11 is 2.32. The smallest absolute Gasteiger partial charge is 0.123 e. The molecule has 0 amide bonds. The van der Waals surface area contributed by atoms with Gasteiger partial charge >= 0.3 is 0 Å². The van der Waals surface area contributed by atoms with Crippen LogP contribution in [0.25, 0.3) is 0 Å². The van der Waals surface area contributed by atoms with E-state index in [0.29, 0.717) is 0 Å². The van der Waals surface area contributed by atoms with E-state index in [-0.39, 0.29) is 11.9 Å². The second-order valence-electron chi connectivity index (χ2n) is 4.48. The number of halogens is 2. The molecule has 1 aromatic rings. The molecule has 1 nitrogen and oxygen atoms in total. The molecule has 0 fully saturated rings. The van der Waals surface area contributed by atoms with Crippen LogP contribution in [0, 0.1) is 5.82 Å². The Kier molecular flexibility index (Phi) is 8.59. The van der Waals surface area contributed by atoms with Gasteiger partial charge in [0, 0.05) is 11.0 Å². The molecule has 1 atom stereocenters. The van der Waals surface area contributed by atoms with Crippen LogP contribution in [-0.2, 0) is 4.74 Å². The number of unbranched alkanes of at least 4 members (excludes halogenated alkanes) is 4. The summed E-state index contributed by atoms with van der Waals surface area (Å²) in [5.74, 6) is -0.189. The lowest BCUT2D eigenvalue weighted by Gasteiger charge is -2.15. The van der Waals surface area contributed by atoms with Crippen molar-refractivity contribution in [3.8, 4) is 0 Å². The largest absolute Gasteiger partial charge is 0.373 e. The van der Waals surface area contributed by atoms with Crippen LogP contribution in [-0.4, -0.2) is 11.0 Å². The highest BCUT2D eigenvalue weighted by Gasteiger charge is 2.10. The van der Waals surface area contributed by atoms with Crippen molar-refractivity contribution in [1.82, 2.24) is 0 Å². The maximum absolute atomic E-state index is 12.8. The highest BCUT2D eigenvalue weighted by atomic mass is 127. The summed E-state index contributed by atoms with van der Waals surface area (Å²) in [6, 6.07) is 6.63. The molecule has 0 aliphatic carbocycles. The molecule has 1 unspecified atom stereocenters. The molecule has 0 spiro atoms. The third-order valence-corrected chi connectivity index (χ3v) is 3.75. The van der Waals surface area contributed by atoms with Gasteiger partial charge in [-0.3, -0.25) is 0 Å². The predicted octanol–water partition coefficient (Wildman–Crippen LogP) is 5.29. The van der Waals surface area contributed by atoms with Crippen LogP contribution < -0.4 is 0 Å². The van der Waals surface area contributed by atoms with Gasteiger partial charge in [-0.15, -0.1) is 0 Å². The van der Waals surface area contributed by atoms with Gasteiger partial charge in [0.2, 0.25) is 0 Å². The zero-order chi connectivity index (χ0) is 13.2. The highest BCUT2D eigenvalue weighted by molar-refractivity contribution is 14.1. The van der Waals surface area contributed by atoms with Crippen LogP contribution in [0.2, 0.25) is 0 Å². The number of alkyl halides is 1. The molecular formula is C15H22FIO. The van der Waals surface area contributed by atoms with Crippen LogP contribution in [0.4, 0.5) is 4.39 Å². The summed E-state index contributed by atoms with van der Waals surface area (Å²) in [5.41, 5.74) is 1.07. The summed E-state index contributed by atoms with van der Waals surface area (Å²) in [4.78, 5) is 0. The van der Waals surface area contributed by atoms with E-state index >= 15 is 0 Å². The van der Waals surface area contributed by atoms with Gasteiger partial charge in [0.05, 0.1) is 6.10 Å². The SMILES string of the molecule is CCCCCCCOC(CI)c1ccc(F)cc1. The first-order chi connectivity index (χ1) is 8.77. The Morgan fingerprint density at radius 1 is 1.11 bits per heavy atom. The van der Waals surface area contributed by atoms with Gasteiger partial charge < -0.3 is 4.74 Å². The second kappa shape index (κ2) is 9.73. The van der Waals surface area contributed by atoms with Crippen LogP contribution in [0.3, 0.4) is 0 Å². The fourth-order valence-corrected chi connectivity index (χ4v) is 2.60. The number of ether oxygens (including phenoxy) is 1. The molecule has 0 bridgehead atoms. The minimum atomic E-state index is -0.189. The molecule has 0 aliphatic heterocycles. The Morgan fingerprint density at radius 2 is 1.78 bits per heavy atom. The lowest BCUT2D eigenvalue weighted by Crippen LogP contribution is -2.07. The summed E-state index contributed by atoms with van der Waals surface area (Å²) in [7, 11) is 0. The standard InChI is InChI=1S/C15H22FIO/c1-2-3-4-5-6-11-18-15(12-17)13-7-9-14(16)10-8-13/h7-10,15H,2-6,11-12H2,1H3. The first-order valence-corrected chi connectivity index (χ1v) is 8.23. The molecule has 0 saturated carbocycles. The molecule has 3 heteroatoms. The van der Waals surface area contributed by atoms with Crippen molar-refractivity contribution in [3.05, 3.63) is 35.6 Å². The topological polar surface area (TPSA) is 9.23 Å². The maximum Gasteiger partial charge on any atom is 0.123 e. The van der Waals surface area contributed by atoms with Crippen LogP contribution >= 0.6 is 22.6 Å². The summed E-state index contributed by atoms with van der Waals surface area (Å²) in [6.45, 7) is 3.02. The van der Waals surface area contributed by atoms with Gasteiger partial charge in [-0.1, -0.05) is 67.3 Å². The second-order valence-corrected chi connectivity index (χ2v) is 5.36. The van der Waals surface area contributed by atoms with E-state index < -0.39 is 0 Å². The molecule has 0 heterocycles. The quantitative estimate of drug-likeness (QED) is 0.329. The maximum atomic E-state index is 12.8. The molecule has 1 aromatic carbocycles. The average Bonchev–Trinajstić information content (AvgIpc) is 2.39. The third kappa shape index (κ3) is 6.14. The Morgan fingerprint density at radius 3 is 2.39 bits per heavy atom. The van der Waals surface area contributed by atoms with Crippen molar-refractivity contribution < 1.29 is 9.13 Å². The van der Waals surface area contributed by atoms with Crippen LogP contribution in [0.5, 0.6) is 0 Å². The third-order valence-electron chi connectivity index (χ3n) is 2.95. The molecule has 18 heavy (non-hydrogen) atoms. The van der Waals surface area contributed by atoms with E-state index in [1.165, 1.54) is 37.8 Å². The fraction of sp³-hybridized carbons (Fsp3) is 0.600. The summed E-state index contributed by atoms with van der Waals surface area (Å²) < 4.78 is 19.6. The van der Waals surface area contributed by atoms with Gasteiger partial charge in [-0.25, -0.2) is 4.39 Å². The Balaban J connectivity index is 2.27. The van der Waals surface area contributed by atoms with Crippen molar-refractivity contribution in [2.75, 3.05) is 11.0 Å². The monoisotopic (exact) mass is 364 g/mol. The first kappa shape index (κ1) is 15.9. The van der Waals surface area contributed by atoms with Crippen molar-refractivity contribution in [3.63, 3.8) is 0 Å². The van der Waals surface area contributed by atoms with Gasteiger partial charge in [0.15, 0.2) is 0 Å². The molecular weight excluding hydrogens is 342 g/mol. The lowest BCUT2D eigenvalue weighted by molar-refractivity contribution is 0.0678. The Bertz CT molecular complexity index is 313. The van der Waals surface area contributed by atoms with E-state index in [4.69, 9.17) is 4.74 Å². The van der Waals surface area contributed by atoms with Crippen molar-refractivity contribution in [2.45, 2.75) is 45.1 Å². The zero-order valence-electron chi connectivity index (χ0n) is 11.0. The van der Waals surface area contributed by atoms with E-state index in [1.807, 2.05) is 12.1 Å². The fourth-order valence-electron chi connectivity index (χ4n) is 1.84. The molecule has 0 saturated heterocycles. The zero-order valence-corrected chi connectivity index (χ0v) is 13.2. The molecule has 0 radical (unpaired) electrons. The summed E-state index contributed by atoms with van der Waals surface area (Å²) in [6.07, 6.45) is 6.34. The van der Waals surface area contributed by atoms with E-state index in [0.717, 1.165) is 23.0 Å². The van der Waals surface area contributed by atoms with Gasteiger partial charge in [-0.05, 0) is 24.1 Å². The minimum absolute atomic E-state index is 0.0948. The molecule has 0 aromatic heterocycles. The van der Waals surface area contributed by atoms with Gasteiger partial charge in [0.1, 0.15) is 5.82 Å². The lowest BCUT2D eigenvalue weighted by atomic mass is 10.1. The number of hydrogen-bond acceptors (Lipinski definition) is 1. The molecule has 102 valence electrons. The molecule has 1 rings (SSSR count). The average molecular weight is 364 g/mol. The van der Waals surface area contributed by atoms with Crippen molar-refractivity contribution in [1.29, 1.82) is 0 Å². The van der Waals surface area contributed by atoms with Crippen LogP contribution in [0.15, 0.2) is 24.3 Å². The van der Waals surface area contributed by atoms with Crippen molar-refractivity contribution >= 4 is 22.6 Å². The molecule has 0 aliphatic rings. The summed E-state index contributed by atoms with van der Waals surface area (Å²) in [5, 5.41) is 0. The Hall–Kier alpha value is -0.160. The first-order valence-electron chi connectivity index (χ1n) is 6.71. The number of benzene rings is 1.